The maximum Gasteiger partial charge on any atom is 0.252 e. The van der Waals surface area contributed by atoms with Crippen LogP contribution in [0.25, 0.3) is 0 Å². The van der Waals surface area contributed by atoms with Crippen LogP contribution in [0, 0.1) is 0 Å². The minimum absolute atomic E-state index is 0.0444. The Kier molecular flexibility index (Phi) is 4.59. The van der Waals surface area contributed by atoms with E-state index in [0.717, 1.165) is 10.7 Å². The Morgan fingerprint density at radius 1 is 1.29 bits per heavy atom. The van der Waals surface area contributed by atoms with Crippen LogP contribution in [0.5, 0.6) is 0 Å². The molecule has 24 heavy (non-hydrogen) atoms. The normalized spacial score (nSPS) is 21.2. The van der Waals surface area contributed by atoms with Crippen LogP contribution in [0.2, 0.25) is 0 Å². The zero-order valence-corrected chi connectivity index (χ0v) is 16.1. The van der Waals surface area contributed by atoms with Crippen LogP contribution in [-0.4, -0.2) is 54.3 Å². The Morgan fingerprint density at radius 3 is 2.62 bits per heavy atom. The van der Waals surface area contributed by atoms with Gasteiger partial charge >= 0.3 is 0 Å². The summed E-state index contributed by atoms with van der Waals surface area (Å²) >= 11 is 1.37. The van der Waals surface area contributed by atoms with E-state index in [1.165, 1.54) is 11.3 Å². The second kappa shape index (κ2) is 6.25. The van der Waals surface area contributed by atoms with Gasteiger partial charge in [0.1, 0.15) is 10.0 Å². The molecular formula is C16H24N4O2S2. The van der Waals surface area contributed by atoms with Crippen LogP contribution >= 0.6 is 11.3 Å². The Hall–Kier alpha value is -1.22. The van der Waals surface area contributed by atoms with E-state index >= 15 is 0 Å². The molecule has 0 radical (unpaired) electrons. The van der Waals surface area contributed by atoms with E-state index in [-0.39, 0.29) is 11.5 Å². The zero-order valence-electron chi connectivity index (χ0n) is 14.5. The summed E-state index contributed by atoms with van der Waals surface area (Å²) < 4.78 is 28.1. The number of sulfonamides is 1. The van der Waals surface area contributed by atoms with Crippen LogP contribution < -0.4 is 0 Å². The Morgan fingerprint density at radius 2 is 2.04 bits per heavy atom. The summed E-state index contributed by atoms with van der Waals surface area (Å²) in [5.41, 5.74) is -0.0444. The minimum Gasteiger partial charge on any atom is -0.347 e. The molecule has 8 heteroatoms. The molecule has 3 rings (SSSR count). The van der Waals surface area contributed by atoms with Gasteiger partial charge in [0.2, 0.25) is 0 Å². The monoisotopic (exact) mass is 368 g/mol. The largest absolute Gasteiger partial charge is 0.347 e. The number of thiophene rings is 1. The van der Waals surface area contributed by atoms with Crippen LogP contribution in [0.1, 0.15) is 37.5 Å². The number of aromatic amines is 1. The molecule has 0 aliphatic carbocycles. The number of piperazine rings is 1. The van der Waals surface area contributed by atoms with Crippen molar-refractivity contribution in [2.24, 2.45) is 0 Å². The van der Waals surface area contributed by atoms with Gasteiger partial charge in [-0.15, -0.1) is 11.3 Å². The molecule has 1 N–H and O–H groups in total. The van der Waals surface area contributed by atoms with Gasteiger partial charge in [0.25, 0.3) is 10.0 Å². The third kappa shape index (κ3) is 3.28. The van der Waals surface area contributed by atoms with Gasteiger partial charge in [-0.1, -0.05) is 20.8 Å². The summed E-state index contributed by atoms with van der Waals surface area (Å²) in [5.74, 6) is 0.805. The predicted molar refractivity (Wildman–Crippen MR) is 95.7 cm³/mol. The van der Waals surface area contributed by atoms with E-state index in [0.29, 0.717) is 23.8 Å². The lowest BCUT2D eigenvalue weighted by molar-refractivity contribution is 0.143. The lowest BCUT2D eigenvalue weighted by Gasteiger charge is -2.37. The Labute approximate surface area is 147 Å². The molecule has 0 aromatic carbocycles. The number of nitrogens with zero attached hydrogens (tertiary/aromatic N) is 3. The number of aromatic nitrogens is 2. The number of likely N-dealkylation sites (N-methyl/N-ethyl adjacent to an activating group) is 1. The summed E-state index contributed by atoms with van der Waals surface area (Å²) in [5, 5.41) is 0. The molecule has 1 saturated heterocycles. The molecule has 2 aromatic rings. The first kappa shape index (κ1) is 17.6. The van der Waals surface area contributed by atoms with E-state index < -0.39 is 10.0 Å². The van der Waals surface area contributed by atoms with Gasteiger partial charge in [0.05, 0.1) is 6.04 Å². The second-order valence-electron chi connectivity index (χ2n) is 7.20. The summed E-state index contributed by atoms with van der Waals surface area (Å²) in [6.45, 7) is 7.88. The van der Waals surface area contributed by atoms with Crippen LogP contribution in [0.4, 0.5) is 0 Å². The molecule has 1 aliphatic heterocycles. The number of hydrogen-bond donors (Lipinski definition) is 1. The fourth-order valence-electron chi connectivity index (χ4n) is 2.81. The van der Waals surface area contributed by atoms with Crippen molar-refractivity contribution in [3.05, 3.63) is 35.2 Å². The lowest BCUT2D eigenvalue weighted by Crippen LogP contribution is -2.49. The SMILES string of the molecule is CN1CCN(S(=O)(=O)c2ccc(C(C)(C)C)s2)C[C@@H]1c1ncc[nH]1. The van der Waals surface area contributed by atoms with Crippen molar-refractivity contribution in [2.75, 3.05) is 26.7 Å². The van der Waals surface area contributed by atoms with Crippen molar-refractivity contribution in [3.63, 3.8) is 0 Å². The number of imidazole rings is 1. The molecule has 0 unspecified atom stereocenters. The zero-order chi connectivity index (χ0) is 17.5. The minimum atomic E-state index is -3.47. The summed E-state index contributed by atoms with van der Waals surface area (Å²) in [6.07, 6.45) is 3.47. The number of hydrogen-bond acceptors (Lipinski definition) is 5. The lowest BCUT2D eigenvalue weighted by atomic mass is 9.95. The third-order valence-electron chi connectivity index (χ3n) is 4.36. The highest BCUT2D eigenvalue weighted by Crippen LogP contribution is 2.34. The molecular weight excluding hydrogens is 344 g/mol. The first-order valence-electron chi connectivity index (χ1n) is 7.99. The average molecular weight is 369 g/mol. The fraction of sp³-hybridized carbons (Fsp3) is 0.562. The molecule has 0 amide bonds. The van der Waals surface area contributed by atoms with Crippen LogP contribution in [-0.2, 0) is 15.4 Å². The van der Waals surface area contributed by atoms with E-state index in [2.05, 4.69) is 35.6 Å². The molecule has 1 fully saturated rings. The van der Waals surface area contributed by atoms with Gasteiger partial charge in [-0.3, -0.25) is 4.90 Å². The molecule has 1 aliphatic rings. The van der Waals surface area contributed by atoms with E-state index in [9.17, 15) is 8.42 Å². The quantitative estimate of drug-likeness (QED) is 0.903. The van der Waals surface area contributed by atoms with Gasteiger partial charge in [-0.25, -0.2) is 13.4 Å². The summed E-state index contributed by atoms with van der Waals surface area (Å²) in [7, 11) is -1.47. The first-order chi connectivity index (χ1) is 11.2. The standard InChI is InChI=1S/C16H24N4O2S2/c1-16(2,3)13-5-6-14(23-13)24(21,22)20-10-9-19(4)12(11-20)15-17-7-8-18-15/h5-8,12H,9-11H2,1-4H3,(H,17,18)/t12-/m1/s1. The first-order valence-corrected chi connectivity index (χ1v) is 10.3. The highest BCUT2D eigenvalue weighted by Gasteiger charge is 2.35. The Bertz CT molecular complexity index is 790. The summed E-state index contributed by atoms with van der Waals surface area (Å²) in [4.78, 5) is 10.6. The number of rotatable bonds is 3. The van der Waals surface area contributed by atoms with Crippen molar-refractivity contribution >= 4 is 21.4 Å². The molecule has 1 atom stereocenters. The van der Waals surface area contributed by atoms with Gasteiger partial charge in [-0.05, 0) is 24.6 Å². The van der Waals surface area contributed by atoms with Crippen LogP contribution in [0.15, 0.2) is 28.7 Å². The third-order valence-corrected chi connectivity index (χ3v) is 8.20. The second-order valence-corrected chi connectivity index (χ2v) is 10.5. The van der Waals surface area contributed by atoms with Gasteiger partial charge < -0.3 is 4.98 Å². The Balaban J connectivity index is 1.86. The smallest absolute Gasteiger partial charge is 0.252 e. The molecule has 6 nitrogen and oxygen atoms in total. The fourth-order valence-corrected chi connectivity index (χ4v) is 5.77. The van der Waals surface area contributed by atoms with Gasteiger partial charge in [0.15, 0.2) is 0 Å². The molecule has 2 aromatic heterocycles. The number of nitrogens with one attached hydrogen (secondary N) is 1. The van der Waals surface area contributed by atoms with Crippen LogP contribution in [0.3, 0.4) is 0 Å². The summed E-state index contributed by atoms with van der Waals surface area (Å²) in [6, 6.07) is 3.61. The van der Waals surface area contributed by atoms with Crippen molar-refractivity contribution in [2.45, 2.75) is 36.4 Å². The predicted octanol–water partition coefficient (Wildman–Crippen LogP) is 2.45. The van der Waals surface area contributed by atoms with Crippen molar-refractivity contribution < 1.29 is 8.42 Å². The van der Waals surface area contributed by atoms with Crippen molar-refractivity contribution in [3.8, 4) is 0 Å². The van der Waals surface area contributed by atoms with Crippen molar-refractivity contribution in [1.82, 2.24) is 19.2 Å². The topological polar surface area (TPSA) is 69.3 Å². The number of H-pyrrole nitrogens is 1. The molecule has 0 spiro atoms. The van der Waals surface area contributed by atoms with E-state index in [4.69, 9.17) is 0 Å². The average Bonchev–Trinajstić information content (AvgIpc) is 3.19. The molecule has 132 valence electrons. The van der Waals surface area contributed by atoms with E-state index in [1.807, 2.05) is 13.1 Å². The highest BCUT2D eigenvalue weighted by molar-refractivity contribution is 7.91. The van der Waals surface area contributed by atoms with E-state index in [1.54, 1.807) is 22.8 Å². The van der Waals surface area contributed by atoms with Crippen molar-refractivity contribution in [1.29, 1.82) is 0 Å². The van der Waals surface area contributed by atoms with Gasteiger partial charge in [-0.2, -0.15) is 4.31 Å². The maximum absolute atomic E-state index is 13.0. The molecule has 0 saturated carbocycles. The molecule has 3 heterocycles. The maximum atomic E-state index is 13.0. The van der Waals surface area contributed by atoms with Gasteiger partial charge in [0, 0.05) is 36.9 Å². The molecule has 0 bridgehead atoms. The highest BCUT2D eigenvalue weighted by atomic mass is 32.2.